The molecule has 0 fully saturated rings. The van der Waals surface area contributed by atoms with E-state index < -0.39 is 0 Å². The van der Waals surface area contributed by atoms with Crippen molar-refractivity contribution in [3.63, 3.8) is 0 Å². The van der Waals surface area contributed by atoms with Gasteiger partial charge in [-0.05, 0) is 23.9 Å². The Labute approximate surface area is 125 Å². The van der Waals surface area contributed by atoms with E-state index in [-0.39, 0.29) is 5.91 Å². The van der Waals surface area contributed by atoms with Crippen LogP contribution in [-0.2, 0) is 7.05 Å². The van der Waals surface area contributed by atoms with Gasteiger partial charge in [0.25, 0.3) is 5.91 Å². The number of aryl methyl sites for hydroxylation is 1. The normalized spacial score (nSPS) is 11.7. The number of nitrogens with one attached hydrogen (secondary N) is 4. The Balaban J connectivity index is 2.45. The maximum absolute atomic E-state index is 12.0. The van der Waals surface area contributed by atoms with Crippen LogP contribution in [0.4, 0.5) is 5.69 Å². The number of anilines is 1. The number of hydrogen-bond acceptors (Lipinski definition) is 3. The molecule has 10 heteroatoms. The lowest BCUT2D eigenvalue weighted by Gasteiger charge is -2.07. The predicted octanol–water partition coefficient (Wildman–Crippen LogP) is 0.505. The second-order valence-electron chi connectivity index (χ2n) is 3.87. The summed E-state index contributed by atoms with van der Waals surface area (Å²) in [6.45, 7) is 0.990. The molecule has 0 aromatic carbocycles. The van der Waals surface area contributed by atoms with Gasteiger partial charge in [-0.2, -0.15) is 0 Å². The van der Waals surface area contributed by atoms with E-state index in [0.29, 0.717) is 33.2 Å². The van der Waals surface area contributed by atoms with E-state index in [0.717, 1.165) is 5.69 Å². The average Bonchev–Trinajstić information content (AvgIpc) is 2.83. The zero-order valence-corrected chi connectivity index (χ0v) is 14.8. The minimum atomic E-state index is -0.106. The van der Waals surface area contributed by atoms with E-state index in [1.54, 1.807) is 4.57 Å². The molecule has 112 valence electrons. The summed E-state index contributed by atoms with van der Waals surface area (Å²) in [5.74, 6) is 0.583. The van der Waals surface area contributed by atoms with Crippen LogP contribution in [0, 0.1) is 0 Å². The Hall–Kier alpha value is -0.890. The summed E-state index contributed by atoms with van der Waals surface area (Å²) in [5, 5.41) is 11.8. The highest BCUT2D eigenvalue weighted by Crippen LogP contribution is 2.12. The van der Waals surface area contributed by atoms with Crippen molar-refractivity contribution in [2.24, 2.45) is 12.0 Å². The third-order valence-corrected chi connectivity index (χ3v) is 3.61. The third kappa shape index (κ3) is 5.24. The van der Waals surface area contributed by atoms with Crippen LogP contribution in [0.2, 0.25) is 0 Å². The van der Waals surface area contributed by atoms with Gasteiger partial charge in [-0.3, -0.25) is 9.79 Å². The minimum Gasteiger partial charge on any atom is -0.387 e. The zero-order valence-electron chi connectivity index (χ0n) is 11.5. The molecule has 20 heavy (non-hydrogen) atoms. The SMILES string of the molecule is CNc1cc(C(=O)NCCN=C(NP)NPP)n(C)c1. The number of hydrogen-bond donors (Lipinski definition) is 4. The molecule has 0 aliphatic heterocycles. The molecule has 3 atom stereocenters. The van der Waals surface area contributed by atoms with Crippen LogP contribution in [-0.4, -0.2) is 36.6 Å². The number of nitrogens with zero attached hydrogens (tertiary/aromatic N) is 2. The number of amides is 1. The largest absolute Gasteiger partial charge is 0.387 e. The smallest absolute Gasteiger partial charge is 0.268 e. The van der Waals surface area contributed by atoms with Crippen molar-refractivity contribution >= 4 is 44.3 Å². The molecule has 0 aliphatic rings. The van der Waals surface area contributed by atoms with Crippen molar-refractivity contribution < 1.29 is 4.79 Å². The molecule has 0 aliphatic carbocycles. The third-order valence-electron chi connectivity index (χ3n) is 2.52. The minimum absolute atomic E-state index is 0.106. The summed E-state index contributed by atoms with van der Waals surface area (Å²) in [5.41, 5.74) is 1.53. The first kappa shape index (κ1) is 17.2. The van der Waals surface area contributed by atoms with Crippen LogP contribution < -0.4 is 20.8 Å². The number of carbonyl (C=O) groups excluding carboxylic acids is 1. The molecule has 1 rings (SSSR count). The standard InChI is InChI=1S/C10H21N6OP3/c1-11-7-5-8(16(2)6-7)9(17)12-3-4-13-10(14-18)15-20-19/h5-6,11,20H,3-4,18-19H2,1-2H3,(H,12,17)(H2,13,14,15). The summed E-state index contributed by atoms with van der Waals surface area (Å²) in [7, 11) is 9.12. The van der Waals surface area contributed by atoms with Gasteiger partial charge in [-0.1, -0.05) is 8.93 Å². The van der Waals surface area contributed by atoms with E-state index in [1.807, 2.05) is 26.4 Å². The van der Waals surface area contributed by atoms with Crippen LogP contribution in [0.15, 0.2) is 17.3 Å². The molecule has 0 radical (unpaired) electrons. The summed E-state index contributed by atoms with van der Waals surface area (Å²) in [4.78, 5) is 16.3. The Morgan fingerprint density at radius 1 is 1.55 bits per heavy atom. The van der Waals surface area contributed by atoms with Gasteiger partial charge in [-0.15, -0.1) is 0 Å². The summed E-state index contributed by atoms with van der Waals surface area (Å²) in [6.07, 6.45) is 1.87. The molecule has 1 aromatic rings. The van der Waals surface area contributed by atoms with Gasteiger partial charge in [0.15, 0.2) is 5.96 Å². The summed E-state index contributed by atoms with van der Waals surface area (Å²) in [6, 6.07) is 1.81. The average molecular weight is 334 g/mol. The summed E-state index contributed by atoms with van der Waals surface area (Å²) < 4.78 is 1.79. The first-order valence-electron chi connectivity index (χ1n) is 5.97. The lowest BCUT2D eigenvalue weighted by molar-refractivity contribution is 0.0946. The topological polar surface area (TPSA) is 82.5 Å². The van der Waals surface area contributed by atoms with Crippen LogP contribution in [0.5, 0.6) is 0 Å². The molecular formula is C10H21N6OP3. The maximum Gasteiger partial charge on any atom is 0.268 e. The molecular weight excluding hydrogens is 313 g/mol. The molecule has 1 aromatic heterocycles. The highest BCUT2D eigenvalue weighted by Gasteiger charge is 2.10. The Morgan fingerprint density at radius 2 is 2.30 bits per heavy atom. The van der Waals surface area contributed by atoms with Gasteiger partial charge in [0.05, 0.1) is 12.2 Å². The van der Waals surface area contributed by atoms with E-state index >= 15 is 0 Å². The maximum atomic E-state index is 12.0. The number of aliphatic imine (C=N–C) groups is 1. The van der Waals surface area contributed by atoms with Gasteiger partial charge in [0.1, 0.15) is 5.69 Å². The predicted molar refractivity (Wildman–Crippen MR) is 93.6 cm³/mol. The molecule has 4 N–H and O–H groups in total. The molecule has 1 amide bonds. The molecule has 0 bridgehead atoms. The number of guanidine groups is 1. The fourth-order valence-electron chi connectivity index (χ4n) is 1.54. The highest BCUT2D eigenvalue weighted by atomic mass is 32.0. The first-order valence-corrected chi connectivity index (χ1v) is 9.36. The lowest BCUT2D eigenvalue weighted by Crippen LogP contribution is -2.30. The van der Waals surface area contributed by atoms with E-state index in [4.69, 9.17) is 0 Å². The fraction of sp³-hybridized carbons (Fsp3) is 0.400. The van der Waals surface area contributed by atoms with Gasteiger partial charge in [0, 0.05) is 26.8 Å². The molecule has 0 spiro atoms. The van der Waals surface area contributed by atoms with Crippen molar-refractivity contribution in [1.29, 1.82) is 0 Å². The quantitative estimate of drug-likeness (QED) is 0.264. The van der Waals surface area contributed by atoms with Crippen molar-refractivity contribution in [1.82, 2.24) is 20.1 Å². The Kier molecular flexibility index (Phi) is 7.83. The Morgan fingerprint density at radius 3 is 2.85 bits per heavy atom. The van der Waals surface area contributed by atoms with Crippen molar-refractivity contribution in [3.05, 3.63) is 18.0 Å². The zero-order chi connectivity index (χ0) is 15.0. The molecule has 0 saturated heterocycles. The van der Waals surface area contributed by atoms with Crippen molar-refractivity contribution in [3.8, 4) is 0 Å². The van der Waals surface area contributed by atoms with Crippen molar-refractivity contribution in [2.45, 2.75) is 0 Å². The van der Waals surface area contributed by atoms with Gasteiger partial charge < -0.3 is 25.4 Å². The van der Waals surface area contributed by atoms with Crippen molar-refractivity contribution in [2.75, 3.05) is 25.5 Å². The highest BCUT2D eigenvalue weighted by molar-refractivity contribution is 8.02. The van der Waals surface area contributed by atoms with Gasteiger partial charge in [-0.25, -0.2) is 0 Å². The van der Waals surface area contributed by atoms with E-state index in [1.165, 1.54) is 0 Å². The van der Waals surface area contributed by atoms with Gasteiger partial charge >= 0.3 is 0 Å². The second kappa shape index (κ2) is 9.12. The summed E-state index contributed by atoms with van der Waals surface area (Å²) >= 11 is 0. The number of rotatable bonds is 6. The fourth-order valence-corrected chi connectivity index (χ4v) is 2.55. The number of aromatic nitrogens is 1. The molecule has 3 unspecified atom stereocenters. The number of carbonyl (C=O) groups is 1. The van der Waals surface area contributed by atoms with E-state index in [2.05, 4.69) is 44.1 Å². The molecule has 1 heterocycles. The Bertz CT molecular complexity index is 476. The monoisotopic (exact) mass is 334 g/mol. The van der Waals surface area contributed by atoms with Crippen LogP contribution in [0.25, 0.3) is 0 Å². The lowest BCUT2D eigenvalue weighted by atomic mass is 10.4. The van der Waals surface area contributed by atoms with E-state index in [9.17, 15) is 4.79 Å². The van der Waals surface area contributed by atoms with Gasteiger partial charge in [0.2, 0.25) is 0 Å². The second-order valence-corrected chi connectivity index (χ2v) is 5.57. The first-order chi connectivity index (χ1) is 9.62. The molecule has 0 saturated carbocycles. The van der Waals surface area contributed by atoms with Crippen LogP contribution in [0.1, 0.15) is 10.5 Å². The molecule has 7 nitrogen and oxygen atoms in total. The van der Waals surface area contributed by atoms with Crippen LogP contribution in [0.3, 0.4) is 0 Å². The van der Waals surface area contributed by atoms with Crippen LogP contribution >= 0.6 is 26.7 Å².